The number of nitrogens with one attached hydrogen (secondary N) is 3. The fraction of sp³-hybridized carbons (Fsp3) is 0.900. The fourth-order valence-corrected chi connectivity index (χ4v) is 3.12. The van der Waals surface area contributed by atoms with E-state index in [-0.39, 0.29) is 24.0 Å². The molecule has 1 atom stereocenters. The Morgan fingerprint density at radius 1 is 1.21 bits per heavy atom. The van der Waals surface area contributed by atoms with E-state index >= 15 is 0 Å². The van der Waals surface area contributed by atoms with Gasteiger partial charge in [-0.1, -0.05) is 0 Å². The highest BCUT2D eigenvalue weighted by atomic mass is 127. The molecule has 0 saturated carbocycles. The molecule has 0 aromatic heterocycles. The second kappa shape index (κ2) is 12.0. The van der Waals surface area contributed by atoms with Crippen LogP contribution in [0, 0.1) is 5.92 Å². The van der Waals surface area contributed by atoms with E-state index in [1.807, 2.05) is 34.6 Å². The van der Waals surface area contributed by atoms with Crippen LogP contribution in [0.2, 0.25) is 0 Å². The van der Waals surface area contributed by atoms with Crippen molar-refractivity contribution in [3.63, 3.8) is 0 Å². The summed E-state index contributed by atoms with van der Waals surface area (Å²) in [6, 6.07) is 0.602. The maximum atomic E-state index is 12.0. The molecule has 3 N–H and O–H groups in total. The average Bonchev–Trinajstić information content (AvgIpc) is 2.52. The molecule has 28 heavy (non-hydrogen) atoms. The molecule has 1 aliphatic heterocycles. The van der Waals surface area contributed by atoms with E-state index in [1.54, 1.807) is 7.05 Å². The molecule has 0 aromatic rings. The first kappa shape index (κ1) is 27.2. The highest BCUT2D eigenvalue weighted by Gasteiger charge is 2.25. The summed E-state index contributed by atoms with van der Waals surface area (Å²) in [6.45, 7) is 17.8. The number of hydrogen-bond acceptors (Lipinski definition) is 4. The van der Waals surface area contributed by atoms with Crippen molar-refractivity contribution < 1.29 is 9.53 Å². The van der Waals surface area contributed by atoms with Crippen LogP contribution in [-0.4, -0.2) is 67.4 Å². The number of ether oxygens (including phenoxy) is 1. The topological polar surface area (TPSA) is 78.0 Å². The van der Waals surface area contributed by atoms with Gasteiger partial charge in [0.25, 0.3) is 0 Å². The van der Waals surface area contributed by atoms with Crippen LogP contribution in [0.5, 0.6) is 0 Å². The van der Waals surface area contributed by atoms with Gasteiger partial charge >= 0.3 is 6.09 Å². The highest BCUT2D eigenvalue weighted by molar-refractivity contribution is 14.0. The summed E-state index contributed by atoms with van der Waals surface area (Å²) in [5.41, 5.74) is -0.964. The molecule has 8 heteroatoms. The van der Waals surface area contributed by atoms with Crippen molar-refractivity contribution >= 4 is 36.0 Å². The van der Waals surface area contributed by atoms with Gasteiger partial charge in [-0.05, 0) is 73.8 Å². The molecule has 1 fully saturated rings. The molecule has 7 nitrogen and oxygen atoms in total. The van der Waals surface area contributed by atoms with Crippen molar-refractivity contribution in [3.8, 4) is 0 Å². The van der Waals surface area contributed by atoms with Crippen LogP contribution in [0.25, 0.3) is 0 Å². The predicted molar refractivity (Wildman–Crippen MR) is 128 cm³/mol. The van der Waals surface area contributed by atoms with E-state index in [9.17, 15) is 4.79 Å². The van der Waals surface area contributed by atoms with Gasteiger partial charge in [-0.3, -0.25) is 4.99 Å². The lowest BCUT2D eigenvalue weighted by Gasteiger charge is -2.35. The Morgan fingerprint density at radius 2 is 1.86 bits per heavy atom. The minimum atomic E-state index is -0.505. The third-order valence-corrected chi connectivity index (χ3v) is 4.60. The Balaban J connectivity index is 0.00000729. The van der Waals surface area contributed by atoms with Crippen molar-refractivity contribution in [1.82, 2.24) is 20.9 Å². The van der Waals surface area contributed by atoms with Crippen LogP contribution in [-0.2, 0) is 4.74 Å². The largest absolute Gasteiger partial charge is 0.444 e. The van der Waals surface area contributed by atoms with Crippen LogP contribution in [0.1, 0.15) is 61.3 Å². The lowest BCUT2D eigenvalue weighted by molar-refractivity contribution is 0.0474. The molecular formula is C20H42IN5O2. The van der Waals surface area contributed by atoms with E-state index in [0.29, 0.717) is 18.5 Å². The average molecular weight is 511 g/mol. The summed E-state index contributed by atoms with van der Waals surface area (Å²) in [6.07, 6.45) is 2.09. The van der Waals surface area contributed by atoms with Crippen LogP contribution in [0.15, 0.2) is 4.99 Å². The SMILES string of the molecule is CN=C(NCC1CCCN(C(C)C)C1)NCC(C)(C)NC(=O)OC(C)(C)C.I. The predicted octanol–water partition coefficient (Wildman–Crippen LogP) is 3.19. The number of nitrogens with zero attached hydrogens (tertiary/aromatic N) is 2. The highest BCUT2D eigenvalue weighted by Crippen LogP contribution is 2.17. The van der Waals surface area contributed by atoms with E-state index in [0.717, 1.165) is 19.0 Å². The molecular weight excluding hydrogens is 469 g/mol. The van der Waals surface area contributed by atoms with Gasteiger partial charge in [0.15, 0.2) is 5.96 Å². The molecule has 0 aromatic carbocycles. The fourth-order valence-electron chi connectivity index (χ4n) is 3.12. The second-order valence-corrected chi connectivity index (χ2v) is 9.41. The zero-order chi connectivity index (χ0) is 20.7. The Bertz CT molecular complexity index is 503. The first-order valence-electron chi connectivity index (χ1n) is 10.1. The molecule has 0 aliphatic carbocycles. The van der Waals surface area contributed by atoms with Crippen molar-refractivity contribution in [1.29, 1.82) is 0 Å². The molecule has 0 radical (unpaired) electrons. The number of piperidine rings is 1. The zero-order valence-corrected chi connectivity index (χ0v) is 21.3. The van der Waals surface area contributed by atoms with Crippen molar-refractivity contribution in [2.45, 2.75) is 78.5 Å². The number of guanidine groups is 1. The van der Waals surface area contributed by atoms with Gasteiger partial charge in [0.2, 0.25) is 0 Å². The molecule has 1 rings (SSSR count). The minimum Gasteiger partial charge on any atom is -0.444 e. The Hall–Kier alpha value is -0.770. The zero-order valence-electron chi connectivity index (χ0n) is 19.0. The van der Waals surface area contributed by atoms with Crippen LogP contribution < -0.4 is 16.0 Å². The molecule has 1 unspecified atom stereocenters. The molecule has 0 spiro atoms. The maximum Gasteiger partial charge on any atom is 0.408 e. The second-order valence-electron chi connectivity index (χ2n) is 9.41. The Labute approximate surface area is 188 Å². The summed E-state index contributed by atoms with van der Waals surface area (Å²) in [5.74, 6) is 1.39. The van der Waals surface area contributed by atoms with Crippen molar-refractivity contribution in [3.05, 3.63) is 0 Å². The summed E-state index contributed by atoms with van der Waals surface area (Å²) >= 11 is 0. The normalized spacial score (nSPS) is 19.0. The molecule has 1 aliphatic rings. The molecule has 1 amide bonds. The van der Waals surface area contributed by atoms with Gasteiger partial charge in [-0.25, -0.2) is 4.79 Å². The number of carbonyl (C=O) groups is 1. The Morgan fingerprint density at radius 3 is 2.39 bits per heavy atom. The van der Waals surface area contributed by atoms with Gasteiger partial charge < -0.3 is 25.6 Å². The van der Waals surface area contributed by atoms with Gasteiger partial charge in [0.1, 0.15) is 5.60 Å². The lowest BCUT2D eigenvalue weighted by atomic mass is 9.97. The number of rotatable bonds is 6. The Kier molecular flexibility index (Phi) is 11.7. The number of hydrogen-bond donors (Lipinski definition) is 3. The van der Waals surface area contributed by atoms with Crippen LogP contribution in [0.4, 0.5) is 4.79 Å². The molecule has 166 valence electrons. The van der Waals surface area contributed by atoms with Gasteiger partial charge in [0, 0.05) is 32.7 Å². The lowest BCUT2D eigenvalue weighted by Crippen LogP contribution is -2.54. The van der Waals surface area contributed by atoms with Gasteiger partial charge in [0.05, 0.1) is 5.54 Å². The van der Waals surface area contributed by atoms with Crippen LogP contribution >= 0.6 is 24.0 Å². The summed E-state index contributed by atoms with van der Waals surface area (Å²) in [5, 5.41) is 9.64. The van der Waals surface area contributed by atoms with Gasteiger partial charge in [-0.15, -0.1) is 24.0 Å². The number of alkyl carbamates (subject to hydrolysis) is 1. The number of aliphatic imine (C=N–C) groups is 1. The standard InChI is InChI=1S/C20H41N5O2.HI/c1-15(2)25-11-9-10-16(13-25)12-22-17(21-8)23-14-20(6,7)24-18(26)27-19(3,4)5;/h15-16H,9-14H2,1-8H3,(H,24,26)(H2,21,22,23);1H. The van der Waals surface area contributed by atoms with Crippen molar-refractivity contribution in [2.24, 2.45) is 10.9 Å². The third-order valence-electron chi connectivity index (χ3n) is 4.60. The number of likely N-dealkylation sites (tertiary alicyclic amines) is 1. The smallest absolute Gasteiger partial charge is 0.408 e. The van der Waals surface area contributed by atoms with E-state index in [4.69, 9.17) is 4.74 Å². The number of carbonyl (C=O) groups excluding carboxylic acids is 1. The monoisotopic (exact) mass is 511 g/mol. The van der Waals surface area contributed by atoms with Crippen LogP contribution in [0.3, 0.4) is 0 Å². The van der Waals surface area contributed by atoms with Gasteiger partial charge in [-0.2, -0.15) is 0 Å². The summed E-state index contributed by atoms with van der Waals surface area (Å²) < 4.78 is 5.33. The number of halogens is 1. The third kappa shape index (κ3) is 11.3. The van der Waals surface area contributed by atoms with Crippen molar-refractivity contribution in [2.75, 3.05) is 33.2 Å². The quantitative estimate of drug-likeness (QED) is 0.290. The van der Waals surface area contributed by atoms with E-state index in [1.165, 1.54) is 19.4 Å². The summed E-state index contributed by atoms with van der Waals surface area (Å²) in [7, 11) is 1.77. The number of amides is 1. The first-order valence-corrected chi connectivity index (χ1v) is 10.1. The first-order chi connectivity index (χ1) is 12.4. The van der Waals surface area contributed by atoms with E-state index in [2.05, 4.69) is 39.7 Å². The molecule has 0 bridgehead atoms. The summed E-state index contributed by atoms with van der Waals surface area (Å²) in [4.78, 5) is 18.8. The van der Waals surface area contributed by atoms with E-state index < -0.39 is 17.2 Å². The molecule has 1 heterocycles. The maximum absolute atomic E-state index is 12.0. The molecule has 1 saturated heterocycles. The minimum absolute atomic E-state index is 0.